The molecular formula is C27H32N4O2. The second kappa shape index (κ2) is 9.61. The van der Waals surface area contributed by atoms with Gasteiger partial charge in [-0.05, 0) is 62.9 Å². The molecule has 1 aliphatic carbocycles. The number of benzene rings is 1. The molecule has 0 bridgehead atoms. The molecule has 1 amide bonds. The van der Waals surface area contributed by atoms with E-state index >= 15 is 0 Å². The van der Waals surface area contributed by atoms with Gasteiger partial charge in [0.2, 0.25) is 0 Å². The fraction of sp³-hybridized carbons (Fsp3) is 0.370. The molecule has 2 heterocycles. The van der Waals surface area contributed by atoms with E-state index in [1.165, 1.54) is 0 Å². The van der Waals surface area contributed by atoms with Crippen LogP contribution in [-0.4, -0.2) is 29.8 Å². The fourth-order valence-electron chi connectivity index (χ4n) is 4.95. The maximum Gasteiger partial charge on any atom is 0.255 e. The summed E-state index contributed by atoms with van der Waals surface area (Å²) in [6, 6.07) is 13.7. The molecule has 0 saturated heterocycles. The maximum absolute atomic E-state index is 13.5. The number of dihydropyridines is 1. The van der Waals surface area contributed by atoms with E-state index in [0.29, 0.717) is 17.8 Å². The molecular weight excluding hydrogens is 412 g/mol. The van der Waals surface area contributed by atoms with Crippen molar-refractivity contribution < 1.29 is 9.59 Å². The highest BCUT2D eigenvalue weighted by molar-refractivity contribution is 6.09. The topological polar surface area (TPSA) is 74.3 Å². The van der Waals surface area contributed by atoms with Crippen molar-refractivity contribution in [1.29, 1.82) is 0 Å². The second-order valence-electron chi connectivity index (χ2n) is 8.86. The van der Waals surface area contributed by atoms with Gasteiger partial charge in [-0.15, -0.1) is 0 Å². The third-order valence-corrected chi connectivity index (χ3v) is 6.54. The van der Waals surface area contributed by atoms with Crippen LogP contribution in [0, 0.1) is 5.92 Å². The van der Waals surface area contributed by atoms with E-state index in [4.69, 9.17) is 0 Å². The number of hydrogen-bond donors (Lipinski definition) is 2. The molecule has 2 atom stereocenters. The van der Waals surface area contributed by atoms with Crippen molar-refractivity contribution in [2.45, 2.75) is 46.5 Å². The first-order valence-corrected chi connectivity index (χ1v) is 11.7. The summed E-state index contributed by atoms with van der Waals surface area (Å²) in [5.74, 6) is 0.239. The molecule has 0 fully saturated rings. The number of aromatic nitrogens is 1. The summed E-state index contributed by atoms with van der Waals surface area (Å²) in [6.07, 6.45) is 2.95. The highest BCUT2D eigenvalue weighted by atomic mass is 16.2. The minimum atomic E-state index is -0.407. The number of anilines is 2. The lowest BCUT2D eigenvalue weighted by molar-refractivity contribution is -0.117. The number of nitrogens with one attached hydrogen (secondary N) is 2. The van der Waals surface area contributed by atoms with E-state index < -0.39 is 5.92 Å². The molecule has 2 aromatic rings. The summed E-state index contributed by atoms with van der Waals surface area (Å²) in [7, 11) is 0. The molecule has 1 aromatic carbocycles. The standard InChI is InChI=1S/C27H32N4O2/c1-5-31(6-2)20-12-10-19(11-13-20)25-24(27(33)30-23-9-7-8-14-28-23)18(4)29-21-15-17(3)16-22(32)26(21)25/h7-14,17,25,29H,5-6,15-16H2,1-4H3,(H,28,30,33). The van der Waals surface area contributed by atoms with Crippen LogP contribution in [0.3, 0.4) is 0 Å². The summed E-state index contributed by atoms with van der Waals surface area (Å²) in [4.78, 5) is 33.2. The largest absolute Gasteiger partial charge is 0.372 e. The molecule has 6 heteroatoms. The average Bonchev–Trinajstić information content (AvgIpc) is 2.80. The second-order valence-corrected chi connectivity index (χ2v) is 8.86. The van der Waals surface area contributed by atoms with E-state index in [9.17, 15) is 9.59 Å². The first-order chi connectivity index (χ1) is 15.9. The zero-order valence-electron chi connectivity index (χ0n) is 19.8. The minimum absolute atomic E-state index is 0.115. The van der Waals surface area contributed by atoms with Crippen molar-refractivity contribution in [3.63, 3.8) is 0 Å². The monoisotopic (exact) mass is 444 g/mol. The molecule has 2 aliphatic rings. The minimum Gasteiger partial charge on any atom is -0.372 e. The van der Waals surface area contributed by atoms with Gasteiger partial charge in [-0.2, -0.15) is 0 Å². The molecule has 4 rings (SSSR count). The fourth-order valence-corrected chi connectivity index (χ4v) is 4.95. The van der Waals surface area contributed by atoms with E-state index in [-0.39, 0.29) is 17.6 Å². The van der Waals surface area contributed by atoms with Gasteiger partial charge in [-0.1, -0.05) is 25.1 Å². The van der Waals surface area contributed by atoms with Crippen LogP contribution in [0.15, 0.2) is 71.2 Å². The molecule has 0 saturated carbocycles. The first-order valence-electron chi connectivity index (χ1n) is 11.7. The molecule has 2 unspecified atom stereocenters. The van der Waals surface area contributed by atoms with Crippen LogP contribution in [0.25, 0.3) is 0 Å². The number of ketones is 1. The summed E-state index contributed by atoms with van der Waals surface area (Å²) in [6.45, 7) is 10.1. The van der Waals surface area contributed by atoms with E-state index in [0.717, 1.165) is 47.7 Å². The quantitative estimate of drug-likeness (QED) is 0.671. The number of allylic oxidation sites excluding steroid dienone is 3. The Kier molecular flexibility index (Phi) is 6.63. The summed E-state index contributed by atoms with van der Waals surface area (Å²) >= 11 is 0. The molecule has 172 valence electrons. The van der Waals surface area contributed by atoms with Crippen LogP contribution in [-0.2, 0) is 9.59 Å². The van der Waals surface area contributed by atoms with Crippen molar-refractivity contribution >= 4 is 23.2 Å². The van der Waals surface area contributed by atoms with Crippen LogP contribution in [0.4, 0.5) is 11.5 Å². The zero-order chi connectivity index (χ0) is 23.5. The lowest BCUT2D eigenvalue weighted by atomic mass is 9.73. The molecule has 6 nitrogen and oxygen atoms in total. The number of nitrogens with zero attached hydrogens (tertiary/aromatic N) is 2. The third-order valence-electron chi connectivity index (χ3n) is 6.54. The van der Waals surface area contributed by atoms with E-state index in [2.05, 4.69) is 65.6 Å². The van der Waals surface area contributed by atoms with Crippen LogP contribution in [0.1, 0.15) is 52.0 Å². The van der Waals surface area contributed by atoms with Gasteiger partial charge in [0.15, 0.2) is 5.78 Å². The molecule has 2 N–H and O–H groups in total. The highest BCUT2D eigenvalue weighted by Gasteiger charge is 2.39. The van der Waals surface area contributed by atoms with E-state index in [1.54, 1.807) is 12.3 Å². The number of hydrogen-bond acceptors (Lipinski definition) is 5. The Labute approximate surface area is 195 Å². The Hall–Kier alpha value is -3.41. The number of amides is 1. The molecule has 0 radical (unpaired) electrons. The van der Waals surface area contributed by atoms with Crippen molar-refractivity contribution in [3.8, 4) is 0 Å². The molecule has 1 aliphatic heterocycles. The normalized spacial score (nSPS) is 20.3. The smallest absolute Gasteiger partial charge is 0.255 e. The number of pyridine rings is 1. The van der Waals surface area contributed by atoms with Crippen LogP contribution < -0.4 is 15.5 Å². The predicted molar refractivity (Wildman–Crippen MR) is 132 cm³/mol. The summed E-state index contributed by atoms with van der Waals surface area (Å²) in [5, 5.41) is 6.31. The number of carbonyl (C=O) groups is 2. The van der Waals surface area contributed by atoms with Crippen LogP contribution >= 0.6 is 0 Å². The average molecular weight is 445 g/mol. The highest BCUT2D eigenvalue weighted by Crippen LogP contribution is 2.43. The van der Waals surface area contributed by atoms with Gasteiger partial charge in [0.1, 0.15) is 5.82 Å². The zero-order valence-corrected chi connectivity index (χ0v) is 19.8. The Balaban J connectivity index is 1.77. The van der Waals surface area contributed by atoms with E-state index in [1.807, 2.05) is 19.1 Å². The molecule has 33 heavy (non-hydrogen) atoms. The molecule has 1 aromatic heterocycles. The Morgan fingerprint density at radius 1 is 1.12 bits per heavy atom. The van der Waals surface area contributed by atoms with Gasteiger partial charge < -0.3 is 15.5 Å². The SMILES string of the molecule is CCN(CC)c1ccc(C2C(C(=O)Nc3ccccn3)=C(C)NC3=C2C(=O)CC(C)C3)cc1. The van der Waals surface area contributed by atoms with Crippen molar-refractivity contribution in [2.75, 3.05) is 23.3 Å². The number of rotatable bonds is 6. The number of carbonyl (C=O) groups excluding carboxylic acids is 2. The third kappa shape index (κ3) is 4.56. The van der Waals surface area contributed by atoms with Gasteiger partial charge >= 0.3 is 0 Å². The lowest BCUT2D eigenvalue weighted by Gasteiger charge is -2.36. The summed E-state index contributed by atoms with van der Waals surface area (Å²) < 4.78 is 0. The lowest BCUT2D eigenvalue weighted by Crippen LogP contribution is -2.37. The predicted octanol–water partition coefficient (Wildman–Crippen LogP) is 4.78. The van der Waals surface area contributed by atoms with Gasteiger partial charge in [0, 0.05) is 59.9 Å². The van der Waals surface area contributed by atoms with Gasteiger partial charge in [-0.25, -0.2) is 4.98 Å². The Bertz CT molecular complexity index is 1100. The van der Waals surface area contributed by atoms with Crippen molar-refractivity contribution in [3.05, 3.63) is 76.8 Å². The van der Waals surface area contributed by atoms with Gasteiger partial charge in [0.05, 0.1) is 0 Å². The van der Waals surface area contributed by atoms with Gasteiger partial charge in [-0.3, -0.25) is 9.59 Å². The Morgan fingerprint density at radius 3 is 2.48 bits per heavy atom. The van der Waals surface area contributed by atoms with Crippen molar-refractivity contribution in [2.24, 2.45) is 5.92 Å². The van der Waals surface area contributed by atoms with Gasteiger partial charge in [0.25, 0.3) is 5.91 Å². The Morgan fingerprint density at radius 2 is 1.85 bits per heavy atom. The first kappa shape index (κ1) is 22.8. The van der Waals surface area contributed by atoms with Crippen LogP contribution in [0.5, 0.6) is 0 Å². The molecule has 0 spiro atoms. The summed E-state index contributed by atoms with van der Waals surface area (Å²) in [5.41, 5.74) is 5.10. The number of Topliss-reactive ketones (excluding diaryl/α,β-unsaturated/α-hetero) is 1. The maximum atomic E-state index is 13.5. The van der Waals surface area contributed by atoms with Crippen molar-refractivity contribution in [1.82, 2.24) is 10.3 Å². The van der Waals surface area contributed by atoms with Crippen LogP contribution in [0.2, 0.25) is 0 Å².